The van der Waals surface area contributed by atoms with Crippen molar-refractivity contribution >= 4 is 17.6 Å². The normalized spacial score (nSPS) is 12.6. The van der Waals surface area contributed by atoms with Crippen LogP contribution in [0, 0.1) is 6.92 Å². The van der Waals surface area contributed by atoms with Crippen LogP contribution in [0.15, 0.2) is 42.5 Å². The van der Waals surface area contributed by atoms with E-state index < -0.39 is 0 Å². The number of ether oxygens (including phenoxy) is 1. The Morgan fingerprint density at radius 2 is 2.08 bits per heavy atom. The predicted octanol–water partition coefficient (Wildman–Crippen LogP) is 1.96. The van der Waals surface area contributed by atoms with Gasteiger partial charge in [0, 0.05) is 16.8 Å². The van der Waals surface area contributed by atoms with E-state index in [0.29, 0.717) is 17.1 Å². The smallest absolute Gasteiger partial charge is 0.338 e. The van der Waals surface area contributed by atoms with E-state index in [2.05, 4.69) is 20.7 Å². The van der Waals surface area contributed by atoms with Crippen molar-refractivity contribution in [3.63, 3.8) is 0 Å². The maximum absolute atomic E-state index is 12.2. The summed E-state index contributed by atoms with van der Waals surface area (Å²) in [5.41, 5.74) is 3.71. The fraction of sp³-hybridized carbons (Fsp3) is 0.167. The monoisotopic (exact) mass is 349 g/mol. The van der Waals surface area contributed by atoms with Gasteiger partial charge in [0.15, 0.2) is 0 Å². The van der Waals surface area contributed by atoms with E-state index in [0.717, 1.165) is 16.7 Å². The number of hydrogen-bond acceptors (Lipinski definition) is 6. The topological polar surface area (TPSA) is 99.0 Å². The fourth-order valence-corrected chi connectivity index (χ4v) is 2.76. The first-order chi connectivity index (χ1) is 12.6. The minimum absolute atomic E-state index is 0.0829. The number of aryl methyl sites for hydroxylation is 1. The number of rotatable bonds is 4. The summed E-state index contributed by atoms with van der Waals surface area (Å²) in [7, 11) is 0. The van der Waals surface area contributed by atoms with Crippen LogP contribution in [-0.2, 0) is 22.7 Å². The number of aromatic nitrogens is 4. The number of cyclic esters (lactones) is 1. The lowest BCUT2D eigenvalue weighted by Gasteiger charge is -2.05. The predicted molar refractivity (Wildman–Crippen MR) is 92.2 cm³/mol. The number of fused-ring (bicyclic) bond motifs is 1. The van der Waals surface area contributed by atoms with Crippen LogP contribution in [0.5, 0.6) is 0 Å². The molecule has 0 unspecified atom stereocenters. The molecule has 1 aromatic heterocycles. The first-order valence-electron chi connectivity index (χ1n) is 8.04. The second-order valence-corrected chi connectivity index (χ2v) is 5.95. The summed E-state index contributed by atoms with van der Waals surface area (Å²) >= 11 is 0. The molecule has 130 valence electrons. The van der Waals surface area contributed by atoms with Crippen LogP contribution in [0.1, 0.15) is 21.5 Å². The molecule has 1 aliphatic rings. The third kappa shape index (κ3) is 3.04. The van der Waals surface area contributed by atoms with Crippen LogP contribution in [0.25, 0.3) is 11.4 Å². The number of tetrazole rings is 1. The van der Waals surface area contributed by atoms with Gasteiger partial charge in [-0.15, -0.1) is 10.2 Å². The zero-order valence-corrected chi connectivity index (χ0v) is 14.0. The van der Waals surface area contributed by atoms with Crippen molar-refractivity contribution in [3.8, 4) is 11.4 Å². The summed E-state index contributed by atoms with van der Waals surface area (Å²) in [5.74, 6) is -0.224. The average molecular weight is 349 g/mol. The van der Waals surface area contributed by atoms with Gasteiger partial charge >= 0.3 is 5.97 Å². The molecule has 4 rings (SSSR count). The molecule has 0 radical (unpaired) electrons. The molecule has 26 heavy (non-hydrogen) atoms. The molecule has 0 saturated carbocycles. The van der Waals surface area contributed by atoms with Crippen molar-refractivity contribution in [2.45, 2.75) is 20.1 Å². The van der Waals surface area contributed by atoms with Gasteiger partial charge in [-0.1, -0.05) is 30.3 Å². The largest absolute Gasteiger partial charge is 0.457 e. The number of nitrogens with one attached hydrogen (secondary N) is 1. The van der Waals surface area contributed by atoms with E-state index in [1.807, 2.05) is 31.2 Å². The van der Waals surface area contributed by atoms with Crippen molar-refractivity contribution in [2.24, 2.45) is 0 Å². The van der Waals surface area contributed by atoms with Crippen molar-refractivity contribution < 1.29 is 14.3 Å². The number of carbonyl (C=O) groups is 2. The molecule has 1 N–H and O–H groups in total. The summed E-state index contributed by atoms with van der Waals surface area (Å²) in [6, 6.07) is 12.8. The van der Waals surface area contributed by atoms with Gasteiger partial charge in [-0.05, 0) is 29.8 Å². The fourth-order valence-electron chi connectivity index (χ4n) is 2.76. The van der Waals surface area contributed by atoms with Gasteiger partial charge in [-0.3, -0.25) is 4.79 Å². The second kappa shape index (κ2) is 6.40. The Morgan fingerprint density at radius 3 is 2.92 bits per heavy atom. The van der Waals surface area contributed by atoms with Crippen molar-refractivity contribution in [1.29, 1.82) is 0 Å². The number of carbonyl (C=O) groups excluding carboxylic acids is 2. The van der Waals surface area contributed by atoms with Gasteiger partial charge < -0.3 is 10.1 Å². The van der Waals surface area contributed by atoms with Crippen molar-refractivity contribution in [2.75, 3.05) is 5.32 Å². The van der Waals surface area contributed by atoms with Gasteiger partial charge in [0.05, 0.1) is 5.56 Å². The Bertz CT molecular complexity index is 1010. The molecule has 0 saturated heterocycles. The lowest BCUT2D eigenvalue weighted by Crippen LogP contribution is -2.20. The molecule has 1 amide bonds. The molecule has 0 bridgehead atoms. The molecule has 0 aliphatic carbocycles. The molecule has 1 aliphatic heterocycles. The van der Waals surface area contributed by atoms with Gasteiger partial charge in [0.25, 0.3) is 0 Å². The highest BCUT2D eigenvalue weighted by Gasteiger charge is 2.21. The van der Waals surface area contributed by atoms with E-state index in [4.69, 9.17) is 4.74 Å². The molecule has 2 aromatic carbocycles. The highest BCUT2D eigenvalue weighted by Crippen LogP contribution is 2.23. The van der Waals surface area contributed by atoms with Crippen molar-refractivity contribution in [1.82, 2.24) is 20.2 Å². The number of amides is 1. The molecule has 2 heterocycles. The highest BCUT2D eigenvalue weighted by atomic mass is 16.5. The molecule has 0 spiro atoms. The zero-order chi connectivity index (χ0) is 18.1. The van der Waals surface area contributed by atoms with Gasteiger partial charge in [0.2, 0.25) is 11.7 Å². The summed E-state index contributed by atoms with van der Waals surface area (Å²) in [6.07, 6.45) is 0. The minimum atomic E-state index is -0.378. The van der Waals surface area contributed by atoms with Crippen LogP contribution in [0.4, 0.5) is 5.69 Å². The third-order valence-electron chi connectivity index (χ3n) is 4.10. The van der Waals surface area contributed by atoms with Gasteiger partial charge in [0.1, 0.15) is 13.2 Å². The Morgan fingerprint density at radius 1 is 1.23 bits per heavy atom. The van der Waals surface area contributed by atoms with Crippen molar-refractivity contribution in [3.05, 3.63) is 59.2 Å². The van der Waals surface area contributed by atoms with E-state index in [1.165, 1.54) is 4.80 Å². The van der Waals surface area contributed by atoms with Crippen LogP contribution < -0.4 is 5.32 Å². The Labute approximate surface area is 148 Å². The number of anilines is 1. The van der Waals surface area contributed by atoms with Gasteiger partial charge in [-0.25, -0.2) is 4.79 Å². The second-order valence-electron chi connectivity index (χ2n) is 5.95. The first kappa shape index (κ1) is 15.9. The molecule has 8 heteroatoms. The molecule has 0 atom stereocenters. The summed E-state index contributed by atoms with van der Waals surface area (Å²) < 4.78 is 4.95. The average Bonchev–Trinajstić information content (AvgIpc) is 3.22. The maximum atomic E-state index is 12.2. The Hall–Kier alpha value is -3.55. The maximum Gasteiger partial charge on any atom is 0.338 e. The lowest BCUT2D eigenvalue weighted by molar-refractivity contribution is -0.117. The molecule has 0 fully saturated rings. The summed E-state index contributed by atoms with van der Waals surface area (Å²) in [6.45, 7) is 2.15. The molecular weight excluding hydrogens is 334 g/mol. The summed E-state index contributed by atoms with van der Waals surface area (Å²) in [4.78, 5) is 25.0. The van der Waals surface area contributed by atoms with E-state index >= 15 is 0 Å². The number of hydrogen-bond donors (Lipinski definition) is 1. The highest BCUT2D eigenvalue weighted by molar-refractivity contribution is 5.96. The number of benzene rings is 2. The molecule has 3 aromatic rings. The van der Waals surface area contributed by atoms with E-state index in [1.54, 1.807) is 18.2 Å². The number of esters is 1. The first-order valence-corrected chi connectivity index (χ1v) is 8.04. The van der Waals surface area contributed by atoms with Crippen LogP contribution in [-0.4, -0.2) is 32.1 Å². The summed E-state index contributed by atoms with van der Waals surface area (Å²) in [5, 5.41) is 14.9. The van der Waals surface area contributed by atoms with E-state index in [9.17, 15) is 9.59 Å². The van der Waals surface area contributed by atoms with Crippen LogP contribution >= 0.6 is 0 Å². The quantitative estimate of drug-likeness (QED) is 0.723. The molecule has 8 nitrogen and oxygen atoms in total. The zero-order valence-electron chi connectivity index (χ0n) is 14.0. The van der Waals surface area contributed by atoms with E-state index in [-0.39, 0.29) is 25.0 Å². The Kier molecular flexibility index (Phi) is 3.92. The lowest BCUT2D eigenvalue weighted by atomic mass is 10.1. The van der Waals surface area contributed by atoms with Gasteiger partial charge in [-0.2, -0.15) is 4.80 Å². The minimum Gasteiger partial charge on any atom is -0.457 e. The van der Waals surface area contributed by atoms with Crippen LogP contribution in [0.3, 0.4) is 0 Å². The Balaban J connectivity index is 1.45. The molecular formula is C18H15N5O3. The SMILES string of the molecule is Cc1ccccc1-c1nnn(CC(=O)Nc2ccc3c(c2)C(=O)OC3)n1. The number of nitrogens with zero attached hydrogens (tertiary/aromatic N) is 4. The third-order valence-corrected chi connectivity index (χ3v) is 4.10. The van der Waals surface area contributed by atoms with Crippen LogP contribution in [0.2, 0.25) is 0 Å². The standard InChI is InChI=1S/C18H15N5O3/c1-11-4-2-3-5-14(11)17-20-22-23(21-17)9-16(24)19-13-7-6-12-10-26-18(25)15(12)8-13/h2-8H,9-10H2,1H3,(H,19,24).